The Morgan fingerprint density at radius 3 is 2.76 bits per heavy atom. The lowest BCUT2D eigenvalue weighted by molar-refractivity contribution is -0.384. The zero-order valence-electron chi connectivity index (χ0n) is 12.5. The summed E-state index contributed by atoms with van der Waals surface area (Å²) in [5.74, 6) is 1.03. The van der Waals surface area contributed by atoms with Crippen molar-refractivity contribution in [3.63, 3.8) is 0 Å². The summed E-state index contributed by atoms with van der Waals surface area (Å²) in [6, 6.07) is 1.77. The minimum absolute atomic E-state index is 0.0200. The molecule has 0 saturated carbocycles. The van der Waals surface area contributed by atoms with Gasteiger partial charge in [-0.2, -0.15) is 5.10 Å². The molecule has 2 heterocycles. The van der Waals surface area contributed by atoms with Gasteiger partial charge in [-0.3, -0.25) is 10.1 Å². The normalized spacial score (nSPS) is 10.9. The Morgan fingerprint density at radius 2 is 2.19 bits per heavy atom. The second kappa shape index (κ2) is 5.86. The molecule has 0 aliphatic heterocycles. The molecule has 112 valence electrons. The summed E-state index contributed by atoms with van der Waals surface area (Å²) in [4.78, 5) is 19.2. The molecule has 0 bridgehead atoms. The Labute approximate surface area is 122 Å². The van der Waals surface area contributed by atoms with E-state index in [4.69, 9.17) is 0 Å². The summed E-state index contributed by atoms with van der Waals surface area (Å²) in [7, 11) is 1.69. The highest BCUT2D eigenvalue weighted by molar-refractivity contribution is 5.60. The summed E-state index contributed by atoms with van der Waals surface area (Å²) in [6.07, 6.45) is 1.66. The Balaban J connectivity index is 2.29. The van der Waals surface area contributed by atoms with Crippen molar-refractivity contribution in [3.05, 3.63) is 39.6 Å². The lowest BCUT2D eigenvalue weighted by atomic mass is 10.1. The Kier molecular flexibility index (Phi) is 4.15. The molecular weight excluding hydrogens is 272 g/mol. The van der Waals surface area contributed by atoms with Gasteiger partial charge >= 0.3 is 5.69 Å². The molecule has 0 atom stereocenters. The van der Waals surface area contributed by atoms with E-state index >= 15 is 0 Å². The number of rotatable bonds is 5. The number of nitrogens with zero attached hydrogens (tertiary/aromatic N) is 5. The van der Waals surface area contributed by atoms with Crippen molar-refractivity contribution < 1.29 is 4.92 Å². The molecule has 21 heavy (non-hydrogen) atoms. The van der Waals surface area contributed by atoms with Crippen molar-refractivity contribution in [2.24, 2.45) is 7.05 Å². The van der Waals surface area contributed by atoms with Crippen LogP contribution < -0.4 is 5.32 Å². The van der Waals surface area contributed by atoms with Crippen molar-refractivity contribution >= 4 is 11.5 Å². The van der Waals surface area contributed by atoms with Crippen LogP contribution in [0.25, 0.3) is 0 Å². The number of nitro groups is 1. The van der Waals surface area contributed by atoms with Gasteiger partial charge in [-0.1, -0.05) is 13.8 Å². The van der Waals surface area contributed by atoms with E-state index in [-0.39, 0.29) is 11.6 Å². The SMILES string of the molecule is Cc1nccc(CNc2c([N+](=O)[O-])c(C(C)C)nn2C)n1. The number of aryl methyl sites for hydroxylation is 2. The summed E-state index contributed by atoms with van der Waals surface area (Å²) < 4.78 is 1.50. The first-order valence-corrected chi connectivity index (χ1v) is 6.63. The van der Waals surface area contributed by atoms with E-state index in [2.05, 4.69) is 20.4 Å². The van der Waals surface area contributed by atoms with Crippen LogP contribution in [0.2, 0.25) is 0 Å². The molecule has 1 N–H and O–H groups in total. The topological polar surface area (TPSA) is 98.8 Å². The Bertz CT molecular complexity index is 665. The number of hydrogen-bond acceptors (Lipinski definition) is 6. The highest BCUT2D eigenvalue weighted by atomic mass is 16.6. The molecule has 0 spiro atoms. The van der Waals surface area contributed by atoms with Gasteiger partial charge in [0, 0.05) is 19.2 Å². The fourth-order valence-corrected chi connectivity index (χ4v) is 2.08. The van der Waals surface area contributed by atoms with Gasteiger partial charge in [0.15, 0.2) is 0 Å². The quantitative estimate of drug-likeness (QED) is 0.669. The molecule has 0 aliphatic rings. The molecule has 2 aromatic rings. The van der Waals surface area contributed by atoms with Gasteiger partial charge in [-0.25, -0.2) is 14.6 Å². The molecule has 0 saturated heterocycles. The van der Waals surface area contributed by atoms with Crippen LogP contribution >= 0.6 is 0 Å². The number of nitrogens with one attached hydrogen (secondary N) is 1. The lowest BCUT2D eigenvalue weighted by Crippen LogP contribution is -2.08. The van der Waals surface area contributed by atoms with Crippen LogP contribution in [0.3, 0.4) is 0 Å². The van der Waals surface area contributed by atoms with Crippen molar-refractivity contribution in [1.29, 1.82) is 0 Å². The molecular formula is C13H18N6O2. The van der Waals surface area contributed by atoms with E-state index in [9.17, 15) is 10.1 Å². The van der Waals surface area contributed by atoms with Gasteiger partial charge in [0.25, 0.3) is 0 Å². The Morgan fingerprint density at radius 1 is 1.48 bits per heavy atom. The highest BCUT2D eigenvalue weighted by Gasteiger charge is 2.28. The summed E-state index contributed by atoms with van der Waals surface area (Å²) in [6.45, 7) is 5.94. The predicted molar refractivity (Wildman–Crippen MR) is 78.0 cm³/mol. The Hall–Kier alpha value is -2.51. The van der Waals surface area contributed by atoms with Gasteiger partial charge in [-0.05, 0) is 13.0 Å². The van der Waals surface area contributed by atoms with Gasteiger partial charge in [0.1, 0.15) is 11.5 Å². The predicted octanol–water partition coefficient (Wildman–Crippen LogP) is 2.16. The maximum Gasteiger partial charge on any atom is 0.334 e. The second-order valence-corrected chi connectivity index (χ2v) is 5.07. The van der Waals surface area contributed by atoms with Crippen LogP contribution in [0.15, 0.2) is 12.3 Å². The second-order valence-electron chi connectivity index (χ2n) is 5.07. The number of anilines is 1. The molecule has 0 fully saturated rings. The number of hydrogen-bond donors (Lipinski definition) is 1. The first-order valence-electron chi connectivity index (χ1n) is 6.63. The molecule has 2 rings (SSSR count). The van der Waals surface area contributed by atoms with E-state index < -0.39 is 4.92 Å². The van der Waals surface area contributed by atoms with Crippen LogP contribution in [-0.4, -0.2) is 24.7 Å². The average Bonchev–Trinajstić information content (AvgIpc) is 2.74. The van der Waals surface area contributed by atoms with E-state index in [0.717, 1.165) is 5.69 Å². The third-order valence-corrected chi connectivity index (χ3v) is 3.05. The van der Waals surface area contributed by atoms with Crippen molar-refractivity contribution in [3.8, 4) is 0 Å². The molecule has 2 aromatic heterocycles. The summed E-state index contributed by atoms with van der Waals surface area (Å²) in [5, 5.41) is 18.6. The van der Waals surface area contributed by atoms with Crippen LogP contribution in [-0.2, 0) is 13.6 Å². The van der Waals surface area contributed by atoms with Crippen molar-refractivity contribution in [2.75, 3.05) is 5.32 Å². The van der Waals surface area contributed by atoms with E-state index in [1.165, 1.54) is 4.68 Å². The van der Waals surface area contributed by atoms with Crippen LogP contribution in [0, 0.1) is 17.0 Å². The van der Waals surface area contributed by atoms with E-state index in [0.29, 0.717) is 23.9 Å². The standard InChI is InChI=1S/C13H18N6O2/c1-8(2)11-12(19(20)21)13(18(4)17-11)15-7-10-5-6-14-9(3)16-10/h5-6,8,15H,7H2,1-4H3. The van der Waals surface area contributed by atoms with Gasteiger partial charge in [0.2, 0.25) is 5.82 Å². The monoisotopic (exact) mass is 290 g/mol. The largest absolute Gasteiger partial charge is 0.359 e. The number of aromatic nitrogens is 4. The fraction of sp³-hybridized carbons (Fsp3) is 0.462. The first kappa shape index (κ1) is 14.9. The third-order valence-electron chi connectivity index (χ3n) is 3.05. The molecule has 0 aromatic carbocycles. The van der Waals surface area contributed by atoms with Crippen molar-refractivity contribution in [2.45, 2.75) is 33.2 Å². The molecule has 0 amide bonds. The zero-order chi connectivity index (χ0) is 15.6. The minimum Gasteiger partial charge on any atom is -0.359 e. The molecule has 0 aliphatic carbocycles. The molecule has 0 radical (unpaired) electrons. The van der Waals surface area contributed by atoms with Crippen LogP contribution in [0.5, 0.6) is 0 Å². The third kappa shape index (κ3) is 3.15. The minimum atomic E-state index is -0.393. The lowest BCUT2D eigenvalue weighted by Gasteiger charge is -2.06. The summed E-state index contributed by atoms with van der Waals surface area (Å²) >= 11 is 0. The molecule has 8 heteroatoms. The van der Waals surface area contributed by atoms with Crippen LogP contribution in [0.1, 0.15) is 37.0 Å². The fourth-order valence-electron chi connectivity index (χ4n) is 2.08. The van der Waals surface area contributed by atoms with Crippen molar-refractivity contribution in [1.82, 2.24) is 19.7 Å². The first-order chi connectivity index (χ1) is 9.90. The van der Waals surface area contributed by atoms with E-state index in [1.807, 2.05) is 13.8 Å². The average molecular weight is 290 g/mol. The summed E-state index contributed by atoms with van der Waals surface area (Å²) in [5.41, 5.74) is 1.27. The molecule has 8 nitrogen and oxygen atoms in total. The van der Waals surface area contributed by atoms with Gasteiger partial charge < -0.3 is 5.32 Å². The molecule has 0 unspecified atom stereocenters. The van der Waals surface area contributed by atoms with Gasteiger partial charge in [0.05, 0.1) is 17.2 Å². The zero-order valence-corrected chi connectivity index (χ0v) is 12.5. The van der Waals surface area contributed by atoms with Crippen LogP contribution in [0.4, 0.5) is 11.5 Å². The maximum absolute atomic E-state index is 11.3. The van der Waals surface area contributed by atoms with Gasteiger partial charge in [-0.15, -0.1) is 0 Å². The smallest absolute Gasteiger partial charge is 0.334 e. The highest BCUT2D eigenvalue weighted by Crippen LogP contribution is 2.32. The maximum atomic E-state index is 11.3. The van der Waals surface area contributed by atoms with E-state index in [1.54, 1.807) is 26.2 Å².